The van der Waals surface area contributed by atoms with E-state index in [9.17, 15) is 13.2 Å². The molecule has 0 aliphatic heterocycles. The summed E-state index contributed by atoms with van der Waals surface area (Å²) >= 11 is 0. The Morgan fingerprint density at radius 2 is 1.83 bits per heavy atom. The van der Waals surface area contributed by atoms with Crippen LogP contribution < -0.4 is 14.8 Å². The minimum Gasteiger partial charge on any atom is -0.465 e. The van der Waals surface area contributed by atoms with Gasteiger partial charge >= 0.3 is 5.97 Å². The van der Waals surface area contributed by atoms with Crippen LogP contribution in [0.2, 0.25) is 0 Å². The molecule has 0 heterocycles. The molecule has 0 aromatic heterocycles. The summed E-state index contributed by atoms with van der Waals surface area (Å²) in [6.07, 6.45) is 1.82. The number of nitrogens with one attached hydrogen (secondary N) is 2. The number of carbonyl (C=O) groups is 1. The summed E-state index contributed by atoms with van der Waals surface area (Å²) in [6, 6.07) is 11.7. The molecule has 2 N–H and O–H groups in total. The van der Waals surface area contributed by atoms with E-state index in [0.717, 1.165) is 12.8 Å². The molecule has 0 radical (unpaired) electrons. The fourth-order valence-electron chi connectivity index (χ4n) is 2.57. The fourth-order valence-corrected chi connectivity index (χ4v) is 3.83. The second kappa shape index (κ2) is 11.0. The van der Waals surface area contributed by atoms with Crippen molar-refractivity contribution in [3.8, 4) is 11.5 Å². The van der Waals surface area contributed by atoms with Crippen LogP contribution in [0, 0.1) is 0 Å². The van der Waals surface area contributed by atoms with Gasteiger partial charge in [0.2, 0.25) is 10.0 Å². The van der Waals surface area contributed by atoms with Crippen LogP contribution in [0.5, 0.6) is 11.5 Å². The van der Waals surface area contributed by atoms with Crippen molar-refractivity contribution >= 4 is 21.7 Å². The van der Waals surface area contributed by atoms with Gasteiger partial charge < -0.3 is 14.8 Å². The van der Waals surface area contributed by atoms with Gasteiger partial charge in [0, 0.05) is 6.54 Å². The van der Waals surface area contributed by atoms with Crippen LogP contribution >= 0.6 is 0 Å². The third-order valence-corrected chi connectivity index (χ3v) is 5.54. The standard InChI is InChI=1S/C21H29N3O5S/c1-5-6-12-22-18-13-16(21(25)28-4)14-19(30(26,27)23-15-24(2)3)20(18)29-17-10-8-7-9-11-17/h7-11,13-14,22-23H,5-6,12,15H2,1-4H3. The first-order chi connectivity index (χ1) is 14.3. The Hall–Kier alpha value is -2.62. The van der Waals surface area contributed by atoms with E-state index in [4.69, 9.17) is 9.47 Å². The Kier molecular flexibility index (Phi) is 8.64. The highest BCUT2D eigenvalue weighted by atomic mass is 32.2. The monoisotopic (exact) mass is 435 g/mol. The van der Waals surface area contributed by atoms with Gasteiger partial charge in [-0.3, -0.25) is 4.90 Å². The van der Waals surface area contributed by atoms with E-state index in [0.29, 0.717) is 18.0 Å². The summed E-state index contributed by atoms with van der Waals surface area (Å²) in [6.45, 7) is 2.74. The summed E-state index contributed by atoms with van der Waals surface area (Å²) in [5.41, 5.74) is 0.516. The van der Waals surface area contributed by atoms with Crippen LogP contribution in [0.3, 0.4) is 0 Å². The highest BCUT2D eigenvalue weighted by molar-refractivity contribution is 7.89. The van der Waals surface area contributed by atoms with Crippen LogP contribution in [-0.2, 0) is 14.8 Å². The van der Waals surface area contributed by atoms with E-state index >= 15 is 0 Å². The van der Waals surface area contributed by atoms with Crippen molar-refractivity contribution in [2.75, 3.05) is 39.7 Å². The molecule has 0 fully saturated rings. The minimum absolute atomic E-state index is 0.0914. The van der Waals surface area contributed by atoms with Gasteiger partial charge in [-0.25, -0.2) is 13.2 Å². The van der Waals surface area contributed by atoms with Crippen molar-refractivity contribution < 1.29 is 22.7 Å². The maximum Gasteiger partial charge on any atom is 0.337 e. The van der Waals surface area contributed by atoms with Gasteiger partial charge in [-0.1, -0.05) is 31.5 Å². The zero-order chi connectivity index (χ0) is 22.1. The van der Waals surface area contributed by atoms with Crippen LogP contribution in [0.4, 0.5) is 5.69 Å². The van der Waals surface area contributed by atoms with E-state index < -0.39 is 16.0 Å². The lowest BCUT2D eigenvalue weighted by Crippen LogP contribution is -2.33. The smallest absolute Gasteiger partial charge is 0.337 e. The fraction of sp³-hybridized carbons (Fsp3) is 0.381. The second-order valence-corrected chi connectivity index (χ2v) is 8.66. The first-order valence-electron chi connectivity index (χ1n) is 9.66. The molecule has 0 aliphatic rings. The Labute approximate surface area is 178 Å². The summed E-state index contributed by atoms with van der Waals surface area (Å²) in [7, 11) is 0.747. The number of benzene rings is 2. The van der Waals surface area contributed by atoms with Crippen molar-refractivity contribution in [3.05, 3.63) is 48.0 Å². The highest BCUT2D eigenvalue weighted by Crippen LogP contribution is 2.37. The Morgan fingerprint density at radius 3 is 2.43 bits per heavy atom. The molecule has 0 aliphatic carbocycles. The molecular formula is C21H29N3O5S. The van der Waals surface area contributed by atoms with Gasteiger partial charge in [0.05, 0.1) is 25.0 Å². The summed E-state index contributed by atoms with van der Waals surface area (Å²) in [4.78, 5) is 13.7. The first kappa shape index (κ1) is 23.7. The Morgan fingerprint density at radius 1 is 1.13 bits per heavy atom. The number of esters is 1. The van der Waals surface area contributed by atoms with Gasteiger partial charge in [0.15, 0.2) is 5.75 Å². The Balaban J connectivity index is 2.63. The third kappa shape index (κ3) is 6.45. The topological polar surface area (TPSA) is 97.0 Å². The van der Waals surface area contributed by atoms with Gasteiger partial charge in [-0.2, -0.15) is 4.72 Å². The number of carbonyl (C=O) groups excluding carboxylic acids is 1. The molecular weight excluding hydrogens is 406 g/mol. The molecule has 0 saturated carbocycles. The number of rotatable bonds is 11. The number of sulfonamides is 1. The highest BCUT2D eigenvalue weighted by Gasteiger charge is 2.26. The quantitative estimate of drug-likeness (QED) is 0.318. The molecule has 9 heteroatoms. The second-order valence-electron chi connectivity index (χ2n) is 6.92. The molecule has 164 valence electrons. The summed E-state index contributed by atoms with van der Waals surface area (Å²) < 4.78 is 39.5. The van der Waals surface area contributed by atoms with Crippen molar-refractivity contribution in [1.82, 2.24) is 9.62 Å². The molecule has 0 amide bonds. The lowest BCUT2D eigenvalue weighted by Gasteiger charge is -2.19. The van der Waals surface area contributed by atoms with Crippen LogP contribution in [0.1, 0.15) is 30.1 Å². The van der Waals surface area contributed by atoms with Gasteiger partial charge in [0.25, 0.3) is 0 Å². The average molecular weight is 436 g/mol. The molecule has 2 rings (SSSR count). The minimum atomic E-state index is -3.99. The zero-order valence-electron chi connectivity index (χ0n) is 17.8. The van der Waals surface area contributed by atoms with Crippen molar-refractivity contribution in [2.45, 2.75) is 24.7 Å². The first-order valence-corrected chi connectivity index (χ1v) is 11.1. The largest absolute Gasteiger partial charge is 0.465 e. The van der Waals surface area contributed by atoms with E-state index in [-0.39, 0.29) is 22.9 Å². The molecule has 0 unspecified atom stereocenters. The van der Waals surface area contributed by atoms with E-state index in [1.807, 2.05) is 6.07 Å². The lowest BCUT2D eigenvalue weighted by atomic mass is 10.1. The number of unbranched alkanes of at least 4 members (excludes halogenated alkanes) is 1. The maximum atomic E-state index is 13.1. The van der Waals surface area contributed by atoms with Crippen molar-refractivity contribution in [2.24, 2.45) is 0 Å². The number of para-hydroxylation sites is 1. The SMILES string of the molecule is CCCCNc1cc(C(=O)OC)cc(S(=O)(=O)NCN(C)C)c1Oc1ccccc1. The number of methoxy groups -OCH3 is 1. The lowest BCUT2D eigenvalue weighted by molar-refractivity contribution is 0.0600. The predicted octanol–water partition coefficient (Wildman–Crippen LogP) is 3.27. The molecule has 0 atom stereocenters. The Bertz CT molecular complexity index is 947. The number of nitrogens with zero attached hydrogens (tertiary/aromatic N) is 1. The predicted molar refractivity (Wildman–Crippen MR) is 117 cm³/mol. The van der Waals surface area contributed by atoms with Crippen LogP contribution in [-0.4, -0.2) is 53.7 Å². The summed E-state index contributed by atoms with van der Waals surface area (Å²) in [5.74, 6) is -0.0361. The number of hydrogen-bond donors (Lipinski definition) is 2. The average Bonchev–Trinajstić information content (AvgIpc) is 2.73. The number of anilines is 1. The zero-order valence-corrected chi connectivity index (χ0v) is 18.6. The van der Waals surface area contributed by atoms with Gasteiger partial charge in [-0.05, 0) is 44.8 Å². The van der Waals surface area contributed by atoms with Crippen LogP contribution in [0.25, 0.3) is 0 Å². The molecule has 0 spiro atoms. The molecule has 0 bridgehead atoms. The van der Waals surface area contributed by atoms with E-state index in [1.54, 1.807) is 49.3 Å². The molecule has 2 aromatic rings. The van der Waals surface area contributed by atoms with Gasteiger partial charge in [-0.15, -0.1) is 0 Å². The third-order valence-electron chi connectivity index (χ3n) is 4.15. The van der Waals surface area contributed by atoms with Crippen molar-refractivity contribution in [3.63, 3.8) is 0 Å². The molecule has 8 nitrogen and oxygen atoms in total. The molecule has 30 heavy (non-hydrogen) atoms. The molecule has 0 saturated heterocycles. The van der Waals surface area contributed by atoms with Gasteiger partial charge in [0.1, 0.15) is 10.6 Å². The van der Waals surface area contributed by atoms with E-state index in [2.05, 4.69) is 17.0 Å². The van der Waals surface area contributed by atoms with E-state index in [1.165, 1.54) is 13.2 Å². The maximum absolute atomic E-state index is 13.1. The van der Waals surface area contributed by atoms with Crippen molar-refractivity contribution in [1.29, 1.82) is 0 Å². The molecule has 2 aromatic carbocycles. The number of ether oxygens (including phenoxy) is 2. The number of hydrogen-bond acceptors (Lipinski definition) is 7. The van der Waals surface area contributed by atoms with Crippen LogP contribution in [0.15, 0.2) is 47.4 Å². The summed E-state index contributed by atoms with van der Waals surface area (Å²) in [5, 5.41) is 3.20. The normalized spacial score (nSPS) is 11.4.